The summed E-state index contributed by atoms with van der Waals surface area (Å²) in [5.74, 6) is 0. The Bertz CT molecular complexity index is 13.5. The van der Waals surface area contributed by atoms with Crippen LogP contribution in [0.2, 0.25) is 0 Å². The first-order valence-corrected chi connectivity index (χ1v) is 0.626. The summed E-state index contributed by atoms with van der Waals surface area (Å²) in [4.78, 5) is 0. The largest absolute Gasteiger partial charge is 0.216 e. The van der Waals surface area contributed by atoms with E-state index in [1.165, 1.54) is 0 Å². The monoisotopic (exact) mass is 110 g/mol. The fraction of sp³-hybridized carbons (Fsp3) is 0. The molecule has 0 atom stereocenters. The molecule has 0 radical (unpaired) electrons. The minimum Gasteiger partial charge on any atom is -0.216 e. The molecule has 0 bridgehead atoms. The van der Waals surface area contributed by atoms with Gasteiger partial charge in [0.25, 0.3) is 0 Å². The molecule has 0 aliphatic heterocycles. The van der Waals surface area contributed by atoms with Crippen molar-refractivity contribution in [3.8, 4) is 0 Å². The number of halogens is 1. The molecule has 0 aromatic carbocycles. The predicted molar refractivity (Wildman–Crippen MR) is 11.3 cm³/mol. The van der Waals surface area contributed by atoms with Crippen LogP contribution in [-0.2, 0) is 19.5 Å². The van der Waals surface area contributed by atoms with Gasteiger partial charge in [-0.25, -0.2) is 4.39 Å². The molecular weight excluding hydrogens is 108 g/mol. The van der Waals surface area contributed by atoms with Crippen molar-refractivity contribution in [3.63, 3.8) is 0 Å². The normalized spacial score (nSPS) is 3.25. The van der Waals surface area contributed by atoms with Gasteiger partial charge in [0.05, 0.1) is 6.33 Å². The molecule has 0 saturated heterocycles. The van der Waals surface area contributed by atoms with E-state index >= 15 is 0 Å². The fourth-order valence-corrected chi connectivity index (χ4v) is 0. The van der Waals surface area contributed by atoms with Gasteiger partial charge < -0.3 is 0 Å². The fourth-order valence-electron chi connectivity index (χ4n) is 0. The summed E-state index contributed by atoms with van der Waals surface area (Å²) in [5.41, 5.74) is 0. The minimum atomic E-state index is 0. The number of rotatable bonds is 0. The zero-order valence-electron chi connectivity index (χ0n) is 2.37. The Morgan fingerprint density at radius 3 is 1.75 bits per heavy atom. The van der Waals surface area contributed by atoms with Gasteiger partial charge in [-0.15, -0.1) is 0 Å². The van der Waals surface area contributed by atoms with E-state index in [0.29, 0.717) is 0 Å². The van der Waals surface area contributed by atoms with Gasteiger partial charge in [-0.1, -0.05) is 6.58 Å². The van der Waals surface area contributed by atoms with E-state index in [9.17, 15) is 4.39 Å². The molecule has 0 aliphatic carbocycles. The van der Waals surface area contributed by atoms with E-state index in [1.807, 2.05) is 0 Å². The van der Waals surface area contributed by atoms with Gasteiger partial charge in [0.1, 0.15) is 0 Å². The van der Waals surface area contributed by atoms with Crippen molar-refractivity contribution in [3.05, 3.63) is 12.9 Å². The Balaban J connectivity index is 0. The molecule has 0 spiro atoms. The van der Waals surface area contributed by atoms with Crippen molar-refractivity contribution >= 4 is 0 Å². The number of hydrogen-bond acceptors (Lipinski definition) is 0. The van der Waals surface area contributed by atoms with Crippen molar-refractivity contribution in [1.82, 2.24) is 0 Å². The summed E-state index contributed by atoms with van der Waals surface area (Å²) in [6, 6.07) is 0. The maximum atomic E-state index is 10.1. The van der Waals surface area contributed by atoms with Crippen LogP contribution in [0.5, 0.6) is 0 Å². The molecule has 0 heterocycles. The second kappa shape index (κ2) is 10.4. The molecule has 4 heavy (non-hydrogen) atoms. The van der Waals surface area contributed by atoms with Crippen molar-refractivity contribution < 1.29 is 23.9 Å². The van der Waals surface area contributed by atoms with Gasteiger partial charge >= 0.3 is 0 Å². The van der Waals surface area contributed by atoms with Crippen molar-refractivity contribution in [2.24, 2.45) is 0 Å². The van der Waals surface area contributed by atoms with E-state index < -0.39 is 0 Å². The van der Waals surface area contributed by atoms with Crippen molar-refractivity contribution in [2.75, 3.05) is 0 Å². The first kappa shape index (κ1) is 8.85. The molecule has 0 N–H and O–H groups in total. The average Bonchev–Trinajstić information content (AvgIpc) is 0.918. The third-order valence-electron chi connectivity index (χ3n) is 0. The van der Waals surface area contributed by atoms with E-state index in [2.05, 4.69) is 6.58 Å². The zero-order chi connectivity index (χ0) is 2.71. The molecule has 0 fully saturated rings. The molecule has 0 nitrogen and oxygen atoms in total. The van der Waals surface area contributed by atoms with Gasteiger partial charge in [0.2, 0.25) is 0 Å². The smallest absolute Gasteiger partial charge is 0.0795 e. The van der Waals surface area contributed by atoms with E-state index in [0.717, 1.165) is 0 Å². The van der Waals surface area contributed by atoms with Crippen LogP contribution < -0.4 is 0 Å². The van der Waals surface area contributed by atoms with Gasteiger partial charge in [-0.05, 0) is 0 Å². The first-order valence-electron chi connectivity index (χ1n) is 0.626. The Labute approximate surface area is 37.5 Å². The van der Waals surface area contributed by atoms with Gasteiger partial charge in [-0.2, -0.15) is 0 Å². The summed E-state index contributed by atoms with van der Waals surface area (Å²) >= 11 is 0. The molecule has 0 amide bonds. The quantitative estimate of drug-likeness (QED) is 0.411. The molecule has 0 aromatic heterocycles. The van der Waals surface area contributed by atoms with E-state index in [1.54, 1.807) is 0 Å². The summed E-state index contributed by atoms with van der Waals surface area (Å²) in [6.45, 7) is 2.69. The summed E-state index contributed by atoms with van der Waals surface area (Å²) < 4.78 is 10.1. The van der Waals surface area contributed by atoms with Gasteiger partial charge in [0, 0.05) is 19.5 Å². The molecule has 0 aromatic rings. The van der Waals surface area contributed by atoms with E-state index in [4.69, 9.17) is 0 Å². The zero-order valence-corrected chi connectivity index (χ0v) is 5.34. The molecule has 0 saturated carbocycles. The number of hydrogen-bond donors (Lipinski definition) is 0. The maximum absolute atomic E-state index is 10.1. The van der Waals surface area contributed by atoms with Crippen LogP contribution in [-0.4, -0.2) is 0 Å². The Morgan fingerprint density at radius 1 is 1.75 bits per heavy atom. The average molecular weight is 111 g/mol. The van der Waals surface area contributed by atoms with Crippen molar-refractivity contribution in [2.45, 2.75) is 0 Å². The maximum Gasteiger partial charge on any atom is 0.0795 e. The third-order valence-corrected chi connectivity index (χ3v) is 0. The summed E-state index contributed by atoms with van der Waals surface area (Å²) in [6.07, 6.45) is 0.250. The van der Waals surface area contributed by atoms with Crippen LogP contribution >= 0.6 is 0 Å². The Hall–Kier alpha value is 0.293. The summed E-state index contributed by atoms with van der Waals surface area (Å²) in [5, 5.41) is 0. The topological polar surface area (TPSA) is 0 Å². The minimum absolute atomic E-state index is 0. The van der Waals surface area contributed by atoms with Crippen LogP contribution in [0.25, 0.3) is 0 Å². The Kier molecular flexibility index (Phi) is 22.9. The van der Waals surface area contributed by atoms with Crippen LogP contribution in [0.4, 0.5) is 4.39 Å². The summed E-state index contributed by atoms with van der Waals surface area (Å²) in [7, 11) is 0. The van der Waals surface area contributed by atoms with Crippen molar-refractivity contribution in [1.29, 1.82) is 0 Å². The second-order valence-corrected chi connectivity index (χ2v) is 0.154. The predicted octanol–water partition coefficient (Wildman–Crippen LogP) is 1.10. The van der Waals surface area contributed by atoms with E-state index in [-0.39, 0.29) is 25.8 Å². The molecule has 0 rings (SSSR count). The van der Waals surface area contributed by atoms with Gasteiger partial charge in [-0.3, -0.25) is 0 Å². The standard InChI is InChI=1S/C2H3F.Zn/c1-2-3;/h2H,1H2;. The van der Waals surface area contributed by atoms with Gasteiger partial charge in [0.15, 0.2) is 0 Å². The van der Waals surface area contributed by atoms with Crippen LogP contribution in [0, 0.1) is 0 Å². The molecule has 2 heteroatoms. The molecular formula is C2H3FZn. The third kappa shape index (κ3) is 44.6. The molecule has 20 valence electrons. The molecule has 0 unspecified atom stereocenters. The van der Waals surface area contributed by atoms with Crippen LogP contribution in [0.15, 0.2) is 12.9 Å². The first-order chi connectivity index (χ1) is 1.41. The Morgan fingerprint density at radius 2 is 1.75 bits per heavy atom. The van der Waals surface area contributed by atoms with Crippen LogP contribution in [0.3, 0.4) is 0 Å². The van der Waals surface area contributed by atoms with Crippen LogP contribution in [0.1, 0.15) is 0 Å². The molecule has 0 aliphatic rings. The SMILES string of the molecule is C=CF.[Zn]. The second-order valence-electron chi connectivity index (χ2n) is 0.154.